The highest BCUT2D eigenvalue weighted by Gasteiger charge is 2.04. The molecular formula is C12H13N3. The van der Waals surface area contributed by atoms with Crippen molar-refractivity contribution in [2.45, 2.75) is 0 Å². The van der Waals surface area contributed by atoms with Crippen LogP contribution in [-0.4, -0.2) is 18.1 Å². The molecule has 15 heavy (non-hydrogen) atoms. The van der Waals surface area contributed by atoms with E-state index in [1.54, 1.807) is 30.5 Å². The molecule has 3 heteroatoms. The van der Waals surface area contributed by atoms with Gasteiger partial charge in [-0.05, 0) is 12.1 Å². The number of aromatic nitrogens is 1. The summed E-state index contributed by atoms with van der Waals surface area (Å²) in [6, 6.07) is 5.53. The summed E-state index contributed by atoms with van der Waals surface area (Å²) in [6.07, 6.45) is 5.22. The lowest BCUT2D eigenvalue weighted by molar-refractivity contribution is 0.926. The zero-order valence-corrected chi connectivity index (χ0v) is 8.56. The van der Waals surface area contributed by atoms with Crippen molar-refractivity contribution in [3.63, 3.8) is 0 Å². The zero-order valence-electron chi connectivity index (χ0n) is 8.56. The number of nitriles is 1. The molecule has 0 unspecified atom stereocenters. The maximum atomic E-state index is 8.77. The maximum absolute atomic E-state index is 8.77. The fourth-order valence-corrected chi connectivity index (χ4v) is 1.23. The summed E-state index contributed by atoms with van der Waals surface area (Å²) >= 11 is 0. The van der Waals surface area contributed by atoms with E-state index in [0.29, 0.717) is 18.7 Å². The zero-order chi connectivity index (χ0) is 11.1. The van der Waals surface area contributed by atoms with Crippen LogP contribution in [0.4, 0.5) is 5.82 Å². The number of rotatable bonds is 5. The van der Waals surface area contributed by atoms with Gasteiger partial charge in [-0.1, -0.05) is 12.2 Å². The molecule has 1 aromatic rings. The van der Waals surface area contributed by atoms with Gasteiger partial charge in [-0.25, -0.2) is 4.98 Å². The molecule has 0 aliphatic carbocycles. The molecule has 1 rings (SSSR count). The molecule has 0 N–H and O–H groups in total. The second kappa shape index (κ2) is 5.61. The molecule has 0 atom stereocenters. The Morgan fingerprint density at radius 1 is 1.40 bits per heavy atom. The van der Waals surface area contributed by atoms with Crippen molar-refractivity contribution >= 4 is 5.82 Å². The highest BCUT2D eigenvalue weighted by Crippen LogP contribution is 2.11. The van der Waals surface area contributed by atoms with E-state index in [-0.39, 0.29) is 0 Å². The first-order valence-electron chi connectivity index (χ1n) is 4.64. The van der Waals surface area contributed by atoms with E-state index in [0.717, 1.165) is 5.82 Å². The lowest BCUT2D eigenvalue weighted by Crippen LogP contribution is -2.24. The molecule has 0 aliphatic heterocycles. The smallest absolute Gasteiger partial charge is 0.130 e. The van der Waals surface area contributed by atoms with Crippen LogP contribution in [0.25, 0.3) is 0 Å². The summed E-state index contributed by atoms with van der Waals surface area (Å²) in [4.78, 5) is 6.19. The van der Waals surface area contributed by atoms with Crippen LogP contribution in [0, 0.1) is 11.3 Å². The monoisotopic (exact) mass is 199 g/mol. The van der Waals surface area contributed by atoms with Crippen LogP contribution in [0.15, 0.2) is 43.6 Å². The van der Waals surface area contributed by atoms with E-state index in [9.17, 15) is 0 Å². The van der Waals surface area contributed by atoms with E-state index in [1.807, 2.05) is 4.90 Å². The molecule has 0 aromatic carbocycles. The van der Waals surface area contributed by atoms with E-state index in [2.05, 4.69) is 24.2 Å². The first-order chi connectivity index (χ1) is 7.31. The first-order valence-corrected chi connectivity index (χ1v) is 4.64. The van der Waals surface area contributed by atoms with Crippen LogP contribution < -0.4 is 4.90 Å². The van der Waals surface area contributed by atoms with E-state index in [1.165, 1.54) is 0 Å². The van der Waals surface area contributed by atoms with E-state index in [4.69, 9.17) is 5.26 Å². The van der Waals surface area contributed by atoms with Crippen molar-refractivity contribution in [2.75, 3.05) is 18.0 Å². The lowest BCUT2D eigenvalue weighted by Gasteiger charge is -2.20. The summed E-state index contributed by atoms with van der Waals surface area (Å²) in [5.74, 6) is 0.772. The number of hydrogen-bond donors (Lipinski definition) is 0. The van der Waals surface area contributed by atoms with Crippen molar-refractivity contribution in [3.05, 3.63) is 49.2 Å². The maximum Gasteiger partial charge on any atom is 0.130 e. The highest BCUT2D eigenvalue weighted by molar-refractivity contribution is 5.45. The third-order valence-electron chi connectivity index (χ3n) is 1.90. The average Bonchev–Trinajstić information content (AvgIpc) is 2.29. The van der Waals surface area contributed by atoms with Gasteiger partial charge in [-0.2, -0.15) is 5.26 Å². The summed E-state index contributed by atoms with van der Waals surface area (Å²) < 4.78 is 0. The second-order valence-corrected chi connectivity index (χ2v) is 3.00. The summed E-state index contributed by atoms with van der Waals surface area (Å²) in [5.41, 5.74) is 0.609. The van der Waals surface area contributed by atoms with Crippen molar-refractivity contribution < 1.29 is 0 Å². The van der Waals surface area contributed by atoms with Crippen molar-refractivity contribution in [1.82, 2.24) is 4.98 Å². The summed E-state index contributed by atoms with van der Waals surface area (Å²) in [5, 5.41) is 8.77. The quantitative estimate of drug-likeness (QED) is 0.682. The second-order valence-electron chi connectivity index (χ2n) is 3.00. The Kier molecular flexibility index (Phi) is 4.11. The molecule has 0 fully saturated rings. The number of nitrogens with zero attached hydrogens (tertiary/aromatic N) is 3. The number of anilines is 1. The highest BCUT2D eigenvalue weighted by atomic mass is 15.2. The largest absolute Gasteiger partial charge is 0.349 e. The van der Waals surface area contributed by atoms with E-state index >= 15 is 0 Å². The number of hydrogen-bond acceptors (Lipinski definition) is 3. The predicted molar refractivity (Wildman–Crippen MR) is 61.6 cm³/mol. The normalized spacial score (nSPS) is 9.00. The molecule has 0 bridgehead atoms. The SMILES string of the molecule is C=CCN(CC=C)c1cc(C#N)ccn1. The van der Waals surface area contributed by atoms with Crippen LogP contribution in [-0.2, 0) is 0 Å². The topological polar surface area (TPSA) is 39.9 Å². The average molecular weight is 199 g/mol. The van der Waals surface area contributed by atoms with Crippen LogP contribution >= 0.6 is 0 Å². The molecular weight excluding hydrogens is 186 g/mol. The molecule has 0 spiro atoms. The van der Waals surface area contributed by atoms with Crippen molar-refractivity contribution in [2.24, 2.45) is 0 Å². The van der Waals surface area contributed by atoms with Gasteiger partial charge in [0.25, 0.3) is 0 Å². The molecule has 1 heterocycles. The Balaban J connectivity index is 2.94. The minimum Gasteiger partial charge on any atom is -0.349 e. The minimum absolute atomic E-state index is 0.609. The molecule has 76 valence electrons. The van der Waals surface area contributed by atoms with Crippen molar-refractivity contribution in [1.29, 1.82) is 5.26 Å². The third-order valence-corrected chi connectivity index (χ3v) is 1.90. The van der Waals surface area contributed by atoms with Gasteiger partial charge in [0.05, 0.1) is 11.6 Å². The van der Waals surface area contributed by atoms with Gasteiger partial charge in [-0.3, -0.25) is 0 Å². The first kappa shape index (κ1) is 11.0. The third kappa shape index (κ3) is 2.96. The summed E-state index contributed by atoms with van der Waals surface area (Å²) in [6.45, 7) is 8.74. The molecule has 0 saturated carbocycles. The van der Waals surface area contributed by atoms with E-state index < -0.39 is 0 Å². The van der Waals surface area contributed by atoms with Gasteiger partial charge in [0.2, 0.25) is 0 Å². The fourth-order valence-electron chi connectivity index (χ4n) is 1.23. The Morgan fingerprint density at radius 3 is 2.60 bits per heavy atom. The van der Waals surface area contributed by atoms with Gasteiger partial charge in [-0.15, -0.1) is 13.2 Å². The van der Waals surface area contributed by atoms with Gasteiger partial charge in [0.15, 0.2) is 0 Å². The minimum atomic E-state index is 0.609. The standard InChI is InChI=1S/C12H13N3/c1-3-7-15(8-4-2)12-9-11(10-13)5-6-14-12/h3-6,9H,1-2,7-8H2. The van der Waals surface area contributed by atoms with Crippen molar-refractivity contribution in [3.8, 4) is 6.07 Å². The van der Waals surface area contributed by atoms with Crippen LogP contribution in [0.2, 0.25) is 0 Å². The molecule has 1 aromatic heterocycles. The van der Waals surface area contributed by atoms with Gasteiger partial charge >= 0.3 is 0 Å². The fraction of sp³-hybridized carbons (Fsp3) is 0.167. The van der Waals surface area contributed by atoms with Gasteiger partial charge in [0, 0.05) is 19.3 Å². The van der Waals surface area contributed by atoms with Gasteiger partial charge in [0.1, 0.15) is 5.82 Å². The Morgan fingerprint density at radius 2 is 2.07 bits per heavy atom. The van der Waals surface area contributed by atoms with Crippen LogP contribution in [0.5, 0.6) is 0 Å². The Bertz CT molecular complexity index is 380. The molecule has 0 aliphatic rings. The molecule has 3 nitrogen and oxygen atoms in total. The summed E-state index contributed by atoms with van der Waals surface area (Å²) in [7, 11) is 0. The molecule has 0 saturated heterocycles. The molecule has 0 radical (unpaired) electrons. The van der Waals surface area contributed by atoms with Gasteiger partial charge < -0.3 is 4.90 Å². The lowest BCUT2D eigenvalue weighted by atomic mass is 10.3. The molecule has 0 amide bonds. The predicted octanol–water partition coefficient (Wildman–Crippen LogP) is 2.13. The van der Waals surface area contributed by atoms with Crippen LogP contribution in [0.3, 0.4) is 0 Å². The Hall–Kier alpha value is -2.08. The van der Waals surface area contributed by atoms with Crippen LogP contribution in [0.1, 0.15) is 5.56 Å². The number of pyridine rings is 1. The Labute approximate surface area is 90.0 Å².